The highest BCUT2D eigenvalue weighted by Crippen LogP contribution is 2.13. The molecule has 6 heteroatoms. The van der Waals surface area contributed by atoms with E-state index >= 15 is 0 Å². The predicted octanol–water partition coefficient (Wildman–Crippen LogP) is 2.27. The number of ether oxygens (including phenoxy) is 1. The van der Waals surface area contributed by atoms with Crippen molar-refractivity contribution in [2.75, 3.05) is 0 Å². The van der Waals surface area contributed by atoms with Gasteiger partial charge < -0.3 is 9.30 Å². The Balaban J connectivity index is 1.85. The molecule has 3 rings (SSSR count). The third kappa shape index (κ3) is 2.99. The standard InChI is InChI=1S/C18H17N3O3/c1-13-16(11-22)20(2)18(19-13)21-9-8-15(10-17(21)23)24-12-14-6-4-3-5-7-14/h3-11H,12H2,1-2H3. The second-order valence-corrected chi connectivity index (χ2v) is 5.40. The number of carbonyl (C=O) groups excluding carboxylic acids is 1. The van der Waals surface area contributed by atoms with Gasteiger partial charge in [0.25, 0.3) is 5.56 Å². The van der Waals surface area contributed by atoms with Crippen LogP contribution in [0.5, 0.6) is 5.75 Å². The van der Waals surface area contributed by atoms with Gasteiger partial charge in [0.1, 0.15) is 18.1 Å². The largest absolute Gasteiger partial charge is 0.489 e. The summed E-state index contributed by atoms with van der Waals surface area (Å²) in [6, 6.07) is 12.8. The molecular weight excluding hydrogens is 306 g/mol. The highest BCUT2D eigenvalue weighted by Gasteiger charge is 2.13. The van der Waals surface area contributed by atoms with Crippen LogP contribution in [0, 0.1) is 6.92 Å². The van der Waals surface area contributed by atoms with Crippen LogP contribution in [0.15, 0.2) is 53.5 Å². The molecule has 1 aromatic carbocycles. The molecule has 0 saturated heterocycles. The Morgan fingerprint density at radius 1 is 1.21 bits per heavy atom. The Labute approximate surface area is 139 Å². The molecule has 0 fully saturated rings. The molecule has 24 heavy (non-hydrogen) atoms. The van der Waals surface area contributed by atoms with Crippen LogP contribution < -0.4 is 10.3 Å². The van der Waals surface area contributed by atoms with E-state index in [4.69, 9.17) is 4.74 Å². The Kier molecular flexibility index (Phi) is 4.29. The number of carbonyl (C=O) groups is 1. The van der Waals surface area contributed by atoms with E-state index in [0.29, 0.717) is 29.7 Å². The minimum absolute atomic E-state index is 0.272. The van der Waals surface area contributed by atoms with Crippen molar-refractivity contribution >= 4 is 6.29 Å². The van der Waals surface area contributed by atoms with Gasteiger partial charge in [0, 0.05) is 19.3 Å². The third-order valence-electron chi connectivity index (χ3n) is 3.77. The van der Waals surface area contributed by atoms with Gasteiger partial charge in [0.15, 0.2) is 6.29 Å². The van der Waals surface area contributed by atoms with Crippen LogP contribution >= 0.6 is 0 Å². The Hall–Kier alpha value is -3.15. The SMILES string of the molecule is Cc1nc(-n2ccc(OCc3ccccc3)cc2=O)n(C)c1C=O. The molecule has 122 valence electrons. The fourth-order valence-electron chi connectivity index (χ4n) is 2.47. The molecule has 6 nitrogen and oxygen atoms in total. The zero-order valence-electron chi connectivity index (χ0n) is 13.5. The van der Waals surface area contributed by atoms with Crippen molar-refractivity contribution in [2.24, 2.45) is 7.05 Å². The highest BCUT2D eigenvalue weighted by atomic mass is 16.5. The van der Waals surface area contributed by atoms with Gasteiger partial charge in [0.05, 0.1) is 5.69 Å². The van der Waals surface area contributed by atoms with Gasteiger partial charge in [-0.15, -0.1) is 0 Å². The lowest BCUT2D eigenvalue weighted by atomic mass is 10.2. The summed E-state index contributed by atoms with van der Waals surface area (Å²) >= 11 is 0. The summed E-state index contributed by atoms with van der Waals surface area (Å²) in [6.45, 7) is 2.12. The lowest BCUT2D eigenvalue weighted by molar-refractivity contribution is 0.111. The lowest BCUT2D eigenvalue weighted by Gasteiger charge is -2.09. The fourth-order valence-corrected chi connectivity index (χ4v) is 2.47. The van der Waals surface area contributed by atoms with E-state index < -0.39 is 0 Å². The van der Waals surface area contributed by atoms with Gasteiger partial charge in [0.2, 0.25) is 5.95 Å². The molecule has 0 atom stereocenters. The molecule has 0 aliphatic carbocycles. The monoisotopic (exact) mass is 323 g/mol. The molecule has 0 aliphatic rings. The van der Waals surface area contributed by atoms with Crippen LogP contribution in [0.1, 0.15) is 21.7 Å². The van der Waals surface area contributed by atoms with Crippen molar-refractivity contribution in [1.82, 2.24) is 14.1 Å². The van der Waals surface area contributed by atoms with Gasteiger partial charge >= 0.3 is 0 Å². The summed E-state index contributed by atoms with van der Waals surface area (Å²) in [4.78, 5) is 27.7. The van der Waals surface area contributed by atoms with Gasteiger partial charge in [-0.05, 0) is 18.6 Å². The van der Waals surface area contributed by atoms with E-state index in [1.807, 2.05) is 30.3 Å². The molecule has 0 radical (unpaired) electrons. The highest BCUT2D eigenvalue weighted by molar-refractivity contribution is 5.74. The number of rotatable bonds is 5. The van der Waals surface area contributed by atoms with Crippen LogP contribution in [0.25, 0.3) is 5.95 Å². The van der Waals surface area contributed by atoms with Crippen molar-refractivity contribution in [3.05, 3.63) is 76.0 Å². The van der Waals surface area contributed by atoms with E-state index in [1.165, 1.54) is 10.6 Å². The van der Waals surface area contributed by atoms with Crippen molar-refractivity contribution in [3.8, 4) is 11.7 Å². The smallest absolute Gasteiger partial charge is 0.261 e. The number of nitrogens with zero attached hydrogens (tertiary/aromatic N) is 3. The van der Waals surface area contributed by atoms with Crippen LogP contribution in [-0.2, 0) is 13.7 Å². The average Bonchev–Trinajstić information content (AvgIpc) is 2.88. The molecule has 0 aliphatic heterocycles. The second kappa shape index (κ2) is 6.54. The summed E-state index contributed by atoms with van der Waals surface area (Å²) in [7, 11) is 1.70. The first-order valence-electron chi connectivity index (χ1n) is 7.48. The molecule has 0 spiro atoms. The number of pyridine rings is 1. The molecule has 0 saturated carbocycles. The van der Waals surface area contributed by atoms with Gasteiger partial charge in [-0.1, -0.05) is 30.3 Å². The number of aromatic nitrogens is 3. The lowest BCUT2D eigenvalue weighted by Crippen LogP contribution is -2.20. The number of aldehydes is 1. The zero-order chi connectivity index (χ0) is 17.1. The number of benzene rings is 1. The normalized spacial score (nSPS) is 10.6. The predicted molar refractivity (Wildman–Crippen MR) is 89.7 cm³/mol. The van der Waals surface area contributed by atoms with E-state index in [-0.39, 0.29) is 5.56 Å². The second-order valence-electron chi connectivity index (χ2n) is 5.40. The Bertz CT molecular complexity index is 926. The van der Waals surface area contributed by atoms with Crippen molar-refractivity contribution < 1.29 is 9.53 Å². The molecule has 3 aromatic rings. The van der Waals surface area contributed by atoms with Gasteiger partial charge in [-0.2, -0.15) is 0 Å². The summed E-state index contributed by atoms with van der Waals surface area (Å²) in [5.74, 6) is 0.885. The van der Waals surface area contributed by atoms with Crippen LogP contribution in [-0.4, -0.2) is 20.4 Å². The van der Waals surface area contributed by atoms with E-state index in [1.54, 1.807) is 30.8 Å². The molecule has 0 N–H and O–H groups in total. The summed E-state index contributed by atoms with van der Waals surface area (Å²) in [6.07, 6.45) is 2.33. The summed E-state index contributed by atoms with van der Waals surface area (Å²) in [5.41, 5.74) is 1.78. The molecule has 0 amide bonds. The van der Waals surface area contributed by atoms with Gasteiger partial charge in [-0.25, -0.2) is 4.98 Å². The average molecular weight is 323 g/mol. The Morgan fingerprint density at radius 2 is 1.96 bits per heavy atom. The van der Waals surface area contributed by atoms with E-state index in [9.17, 15) is 9.59 Å². The summed E-state index contributed by atoms with van der Waals surface area (Å²) < 4.78 is 8.62. The van der Waals surface area contributed by atoms with Crippen molar-refractivity contribution in [2.45, 2.75) is 13.5 Å². The van der Waals surface area contributed by atoms with Crippen molar-refractivity contribution in [1.29, 1.82) is 0 Å². The first-order chi connectivity index (χ1) is 11.6. The zero-order valence-corrected chi connectivity index (χ0v) is 13.5. The van der Waals surface area contributed by atoms with Crippen LogP contribution in [0.2, 0.25) is 0 Å². The van der Waals surface area contributed by atoms with Crippen LogP contribution in [0.3, 0.4) is 0 Å². The van der Waals surface area contributed by atoms with Crippen LogP contribution in [0.4, 0.5) is 0 Å². The molecule has 0 unspecified atom stereocenters. The first kappa shape index (κ1) is 15.7. The number of hydrogen-bond acceptors (Lipinski definition) is 4. The van der Waals surface area contributed by atoms with Gasteiger partial charge in [-0.3, -0.25) is 14.2 Å². The number of aryl methyl sites for hydroxylation is 1. The maximum absolute atomic E-state index is 12.4. The fraction of sp³-hybridized carbons (Fsp3) is 0.167. The van der Waals surface area contributed by atoms with Crippen molar-refractivity contribution in [3.63, 3.8) is 0 Å². The number of hydrogen-bond donors (Lipinski definition) is 0. The first-order valence-corrected chi connectivity index (χ1v) is 7.48. The molecule has 2 heterocycles. The topological polar surface area (TPSA) is 66.1 Å². The maximum atomic E-state index is 12.4. The minimum Gasteiger partial charge on any atom is -0.489 e. The van der Waals surface area contributed by atoms with E-state index in [0.717, 1.165) is 11.8 Å². The summed E-state index contributed by atoms with van der Waals surface area (Å²) in [5, 5.41) is 0. The van der Waals surface area contributed by atoms with E-state index in [2.05, 4.69) is 4.98 Å². The molecular formula is C18H17N3O3. The molecule has 2 aromatic heterocycles. The Morgan fingerprint density at radius 3 is 2.58 bits per heavy atom. The molecule has 0 bridgehead atoms. The minimum atomic E-state index is -0.272. The quantitative estimate of drug-likeness (QED) is 0.676. The maximum Gasteiger partial charge on any atom is 0.261 e. The number of imidazole rings is 1. The third-order valence-corrected chi connectivity index (χ3v) is 3.77.